The number of nitrogens with zero attached hydrogens (tertiary/aromatic N) is 3. The molecule has 1 aliphatic heterocycles. The minimum absolute atomic E-state index is 0.0450. The van der Waals surface area contributed by atoms with Crippen molar-refractivity contribution in [2.24, 2.45) is 0 Å². The Labute approximate surface area is 279 Å². The van der Waals surface area contributed by atoms with Gasteiger partial charge in [0.2, 0.25) is 5.95 Å². The highest BCUT2D eigenvalue weighted by molar-refractivity contribution is 7.92. The molecule has 2 heterocycles. The van der Waals surface area contributed by atoms with Gasteiger partial charge in [0.1, 0.15) is 22.7 Å². The van der Waals surface area contributed by atoms with Gasteiger partial charge in [-0.05, 0) is 103 Å². The van der Waals surface area contributed by atoms with Crippen LogP contribution in [0.2, 0.25) is 0 Å². The minimum atomic E-state index is -4.83. The van der Waals surface area contributed by atoms with Gasteiger partial charge in [-0.2, -0.15) is 18.2 Å². The van der Waals surface area contributed by atoms with Crippen LogP contribution in [0.3, 0.4) is 0 Å². The normalized spacial score (nSPS) is 14.2. The summed E-state index contributed by atoms with van der Waals surface area (Å²) in [6, 6.07) is 9.39. The zero-order chi connectivity index (χ0) is 35.6. The number of ether oxygens (including phenoxy) is 2. The van der Waals surface area contributed by atoms with Crippen LogP contribution in [0.4, 0.5) is 41.1 Å². The van der Waals surface area contributed by atoms with E-state index in [0.717, 1.165) is 16.7 Å². The fourth-order valence-corrected chi connectivity index (χ4v) is 6.16. The molecule has 48 heavy (non-hydrogen) atoms. The Morgan fingerprint density at radius 3 is 2.29 bits per heavy atom. The van der Waals surface area contributed by atoms with Crippen LogP contribution in [0, 0.1) is 6.92 Å². The number of nitrogens with one attached hydrogen (secondary N) is 2. The molecule has 1 aliphatic rings. The topological polar surface area (TPSA) is 123 Å². The van der Waals surface area contributed by atoms with E-state index < -0.39 is 38.2 Å². The fourth-order valence-electron chi connectivity index (χ4n) is 4.95. The molecule has 0 saturated carbocycles. The molecule has 0 radical (unpaired) electrons. The number of alkyl halides is 3. The van der Waals surface area contributed by atoms with Gasteiger partial charge in [0.15, 0.2) is 9.84 Å². The SMILES string of the molecule is Cc1cc(Nc2ncc(C(F)(F)F)c(Nc3ccccc3S(=O)(=O)C(C)C)n2)c(OC(C)C)cc1C1=CCN(C(=O)OC(C)(C)C)CC1. The number of halogens is 3. The van der Waals surface area contributed by atoms with Crippen molar-refractivity contribution in [1.29, 1.82) is 0 Å². The van der Waals surface area contributed by atoms with Crippen LogP contribution >= 0.6 is 0 Å². The van der Waals surface area contributed by atoms with Gasteiger partial charge in [0, 0.05) is 19.3 Å². The molecule has 0 saturated heterocycles. The zero-order valence-corrected chi connectivity index (χ0v) is 29.1. The van der Waals surface area contributed by atoms with Gasteiger partial charge in [-0.1, -0.05) is 18.2 Å². The molecule has 1 amide bonds. The number of hydrogen-bond acceptors (Lipinski definition) is 9. The molecule has 0 unspecified atom stereocenters. The van der Waals surface area contributed by atoms with Crippen molar-refractivity contribution in [3.63, 3.8) is 0 Å². The number of hydrogen-bond donors (Lipinski definition) is 2. The largest absolute Gasteiger partial charge is 0.489 e. The van der Waals surface area contributed by atoms with Crippen molar-refractivity contribution >= 4 is 44.6 Å². The van der Waals surface area contributed by atoms with Gasteiger partial charge in [-0.25, -0.2) is 18.2 Å². The second-order valence-corrected chi connectivity index (χ2v) is 15.5. The van der Waals surface area contributed by atoms with Crippen LogP contribution in [0.25, 0.3) is 5.57 Å². The first kappa shape index (κ1) is 36.5. The van der Waals surface area contributed by atoms with Crippen LogP contribution in [0.1, 0.15) is 71.6 Å². The standard InChI is InChI=1S/C34H42F3N5O5S/c1-20(2)46-28-18-24(23-13-15-42(16-14-23)32(43)47-33(6,7)8)22(5)17-27(28)40-31-38-19-25(34(35,36)37)30(41-31)39-26-11-9-10-12-29(26)48(44,45)21(3)4/h9-13,17-21H,14-16H2,1-8H3,(H2,38,39,40,41). The second kappa shape index (κ2) is 14.0. The maximum absolute atomic E-state index is 14.1. The van der Waals surface area contributed by atoms with E-state index in [1.165, 1.54) is 38.1 Å². The highest BCUT2D eigenvalue weighted by Gasteiger charge is 2.36. The Morgan fingerprint density at radius 2 is 1.71 bits per heavy atom. The van der Waals surface area contributed by atoms with Gasteiger partial charge in [-0.15, -0.1) is 0 Å². The van der Waals surface area contributed by atoms with E-state index >= 15 is 0 Å². The highest BCUT2D eigenvalue weighted by atomic mass is 32.2. The van der Waals surface area contributed by atoms with Crippen LogP contribution in [-0.2, 0) is 20.8 Å². The predicted octanol–water partition coefficient (Wildman–Crippen LogP) is 8.28. The third-order valence-electron chi connectivity index (χ3n) is 7.30. The van der Waals surface area contributed by atoms with E-state index in [0.29, 0.717) is 37.1 Å². The van der Waals surface area contributed by atoms with Crippen LogP contribution in [-0.4, -0.2) is 59.4 Å². The second-order valence-electron chi connectivity index (χ2n) is 13.0. The third-order valence-corrected chi connectivity index (χ3v) is 9.51. The van der Waals surface area contributed by atoms with Crippen molar-refractivity contribution in [3.05, 3.63) is 65.4 Å². The van der Waals surface area contributed by atoms with Gasteiger partial charge in [-0.3, -0.25) is 0 Å². The number of aromatic nitrogens is 2. The molecular weight excluding hydrogens is 647 g/mol. The number of carbonyl (C=O) groups excluding carboxylic acids is 1. The van der Waals surface area contributed by atoms with Crippen LogP contribution in [0.15, 0.2) is 53.6 Å². The molecular formula is C34H42F3N5O5S. The lowest BCUT2D eigenvalue weighted by Gasteiger charge is -2.30. The van der Waals surface area contributed by atoms with E-state index in [1.807, 2.05) is 53.7 Å². The first-order valence-corrected chi connectivity index (χ1v) is 17.1. The maximum Gasteiger partial charge on any atom is 0.421 e. The fraction of sp³-hybridized carbons (Fsp3) is 0.441. The zero-order valence-electron chi connectivity index (χ0n) is 28.3. The summed E-state index contributed by atoms with van der Waals surface area (Å²) in [5, 5.41) is 4.80. The summed E-state index contributed by atoms with van der Waals surface area (Å²) >= 11 is 0. The van der Waals surface area contributed by atoms with Crippen molar-refractivity contribution in [2.75, 3.05) is 23.7 Å². The van der Waals surface area contributed by atoms with E-state index in [-0.39, 0.29) is 28.7 Å². The van der Waals surface area contributed by atoms with E-state index in [9.17, 15) is 26.4 Å². The number of anilines is 4. The molecule has 0 spiro atoms. The lowest BCUT2D eigenvalue weighted by atomic mass is 9.94. The number of benzene rings is 2. The number of carbonyl (C=O) groups is 1. The molecule has 2 N–H and O–H groups in total. The average Bonchev–Trinajstić information content (AvgIpc) is 2.97. The summed E-state index contributed by atoms with van der Waals surface area (Å²) in [6.07, 6.45) is -2.26. The Bertz CT molecular complexity index is 1800. The summed E-state index contributed by atoms with van der Waals surface area (Å²) in [7, 11) is -3.83. The molecule has 10 nitrogen and oxygen atoms in total. The molecule has 1 aromatic heterocycles. The van der Waals surface area contributed by atoms with E-state index in [4.69, 9.17) is 9.47 Å². The number of sulfone groups is 1. The third kappa shape index (κ3) is 8.77. The van der Waals surface area contributed by atoms with Crippen LogP contribution < -0.4 is 15.4 Å². The number of amides is 1. The van der Waals surface area contributed by atoms with Crippen molar-refractivity contribution in [2.45, 2.75) is 89.8 Å². The summed E-state index contributed by atoms with van der Waals surface area (Å²) in [4.78, 5) is 22.1. The molecule has 3 aromatic rings. The summed E-state index contributed by atoms with van der Waals surface area (Å²) < 4.78 is 79.8. The number of para-hydroxylation sites is 1. The van der Waals surface area contributed by atoms with E-state index in [1.54, 1.807) is 11.0 Å². The molecule has 2 aromatic carbocycles. The Balaban J connectivity index is 1.69. The first-order valence-electron chi connectivity index (χ1n) is 15.6. The van der Waals surface area contributed by atoms with Crippen LogP contribution in [0.5, 0.6) is 5.75 Å². The molecule has 260 valence electrons. The highest BCUT2D eigenvalue weighted by Crippen LogP contribution is 2.39. The molecule has 0 aliphatic carbocycles. The number of aryl methyl sites for hydroxylation is 1. The summed E-state index contributed by atoms with van der Waals surface area (Å²) in [5.74, 6) is -0.360. The van der Waals surface area contributed by atoms with Crippen molar-refractivity contribution < 1.29 is 35.9 Å². The maximum atomic E-state index is 14.1. The lowest BCUT2D eigenvalue weighted by molar-refractivity contribution is -0.137. The van der Waals surface area contributed by atoms with Gasteiger partial charge in [0.05, 0.1) is 27.6 Å². The van der Waals surface area contributed by atoms with Gasteiger partial charge < -0.3 is 25.0 Å². The quantitative estimate of drug-likeness (QED) is 0.229. The van der Waals surface area contributed by atoms with E-state index in [2.05, 4.69) is 20.6 Å². The predicted molar refractivity (Wildman–Crippen MR) is 180 cm³/mol. The molecule has 0 atom stereocenters. The Morgan fingerprint density at radius 1 is 1.02 bits per heavy atom. The molecule has 4 rings (SSSR count). The smallest absolute Gasteiger partial charge is 0.421 e. The molecule has 0 fully saturated rings. The monoisotopic (exact) mass is 689 g/mol. The summed E-state index contributed by atoms with van der Waals surface area (Å²) in [6.45, 7) is 14.9. The van der Waals surface area contributed by atoms with Gasteiger partial charge >= 0.3 is 12.3 Å². The van der Waals surface area contributed by atoms with Crippen molar-refractivity contribution in [1.82, 2.24) is 14.9 Å². The molecule has 14 heteroatoms. The van der Waals surface area contributed by atoms with Crippen molar-refractivity contribution in [3.8, 4) is 5.75 Å². The Hall–Kier alpha value is -4.33. The summed E-state index contributed by atoms with van der Waals surface area (Å²) in [5.41, 5.74) is 1.37. The molecule has 0 bridgehead atoms. The Kier molecular flexibility index (Phi) is 10.7. The average molecular weight is 690 g/mol. The minimum Gasteiger partial charge on any atom is -0.489 e. The lowest BCUT2D eigenvalue weighted by Crippen LogP contribution is -2.39. The van der Waals surface area contributed by atoms with Gasteiger partial charge in [0.25, 0.3) is 0 Å². The first-order chi connectivity index (χ1) is 22.3. The number of rotatable bonds is 9.